The molecule has 3 N–H and O–H groups in total. The van der Waals surface area contributed by atoms with Crippen LogP contribution < -0.4 is 15.5 Å². The van der Waals surface area contributed by atoms with Crippen molar-refractivity contribution in [3.63, 3.8) is 0 Å². The second kappa shape index (κ2) is 8.39. The van der Waals surface area contributed by atoms with Crippen molar-refractivity contribution >= 4 is 29.4 Å². The summed E-state index contributed by atoms with van der Waals surface area (Å²) in [5.41, 5.74) is 5.04. The molecule has 0 aromatic heterocycles. The molecule has 2 aromatic rings. The van der Waals surface area contributed by atoms with Gasteiger partial charge in [-0.1, -0.05) is 29.3 Å². The largest absolute Gasteiger partial charge is 0.503 e. The molecule has 0 aliphatic rings. The standard InChI is InChI=1S/C18H20ClN3O3/c1-11-4-6-14(7-5-11)21-12(2)18(24)22-20-10-13-8-15(19)17(23)16(9-13)25-3/h4-10,12,21,23H,1-3H3,(H,22,24). The van der Waals surface area contributed by atoms with Crippen molar-refractivity contribution in [2.45, 2.75) is 19.9 Å². The van der Waals surface area contributed by atoms with E-state index in [1.165, 1.54) is 19.4 Å². The highest BCUT2D eigenvalue weighted by Gasteiger charge is 2.12. The molecular formula is C18H20ClN3O3. The normalized spacial score (nSPS) is 12.0. The number of benzene rings is 2. The summed E-state index contributed by atoms with van der Waals surface area (Å²) >= 11 is 5.90. The first kappa shape index (κ1) is 18.6. The lowest BCUT2D eigenvalue weighted by atomic mass is 10.2. The summed E-state index contributed by atoms with van der Waals surface area (Å²) < 4.78 is 5.01. The third-order valence-corrected chi connectivity index (χ3v) is 3.78. The number of carbonyl (C=O) groups excluding carboxylic acids is 1. The van der Waals surface area contributed by atoms with Crippen LogP contribution in [0.5, 0.6) is 11.5 Å². The van der Waals surface area contributed by atoms with Gasteiger partial charge in [-0.05, 0) is 43.7 Å². The smallest absolute Gasteiger partial charge is 0.262 e. The molecule has 0 saturated carbocycles. The maximum atomic E-state index is 12.1. The molecule has 0 saturated heterocycles. The number of hydrogen-bond donors (Lipinski definition) is 3. The van der Waals surface area contributed by atoms with Crippen LogP contribution in [0.4, 0.5) is 5.69 Å². The van der Waals surface area contributed by atoms with Gasteiger partial charge in [-0.2, -0.15) is 5.10 Å². The zero-order valence-corrected chi connectivity index (χ0v) is 15.0. The van der Waals surface area contributed by atoms with Crippen LogP contribution in [0.3, 0.4) is 0 Å². The van der Waals surface area contributed by atoms with E-state index in [1.807, 2.05) is 31.2 Å². The number of aryl methyl sites for hydroxylation is 1. The maximum Gasteiger partial charge on any atom is 0.262 e. The number of methoxy groups -OCH3 is 1. The van der Waals surface area contributed by atoms with Gasteiger partial charge in [0.15, 0.2) is 11.5 Å². The van der Waals surface area contributed by atoms with E-state index in [-0.39, 0.29) is 22.4 Å². The highest BCUT2D eigenvalue weighted by Crippen LogP contribution is 2.34. The number of carbonyl (C=O) groups is 1. The van der Waals surface area contributed by atoms with Crippen LogP contribution in [0, 0.1) is 6.92 Å². The van der Waals surface area contributed by atoms with Gasteiger partial charge in [-0.25, -0.2) is 5.43 Å². The van der Waals surface area contributed by atoms with Gasteiger partial charge >= 0.3 is 0 Å². The van der Waals surface area contributed by atoms with Crippen molar-refractivity contribution in [1.29, 1.82) is 0 Å². The molecule has 0 heterocycles. The van der Waals surface area contributed by atoms with Gasteiger partial charge in [0.05, 0.1) is 18.3 Å². The molecule has 1 unspecified atom stereocenters. The zero-order chi connectivity index (χ0) is 18.4. The van der Waals surface area contributed by atoms with Gasteiger partial charge < -0.3 is 15.2 Å². The Balaban J connectivity index is 1.95. The summed E-state index contributed by atoms with van der Waals surface area (Å²) in [6.45, 7) is 3.74. The minimum atomic E-state index is -0.460. The number of halogens is 1. The van der Waals surface area contributed by atoms with Crippen LogP contribution in [-0.4, -0.2) is 30.4 Å². The number of rotatable bonds is 6. The maximum absolute atomic E-state index is 12.1. The molecular weight excluding hydrogens is 342 g/mol. The number of hydrazone groups is 1. The molecule has 1 atom stereocenters. The number of anilines is 1. The SMILES string of the molecule is COc1cc(C=NNC(=O)C(C)Nc2ccc(C)cc2)cc(Cl)c1O. The minimum absolute atomic E-state index is 0.138. The molecule has 0 bridgehead atoms. The molecule has 25 heavy (non-hydrogen) atoms. The van der Waals surface area contributed by atoms with Crippen LogP contribution in [0.2, 0.25) is 5.02 Å². The number of amides is 1. The Morgan fingerprint density at radius 2 is 2.00 bits per heavy atom. The van der Waals surface area contributed by atoms with Crippen molar-refractivity contribution < 1.29 is 14.6 Å². The minimum Gasteiger partial charge on any atom is -0.503 e. The van der Waals surface area contributed by atoms with E-state index >= 15 is 0 Å². The van der Waals surface area contributed by atoms with Gasteiger partial charge in [-0.3, -0.25) is 4.79 Å². The summed E-state index contributed by atoms with van der Waals surface area (Å²) in [7, 11) is 1.42. The van der Waals surface area contributed by atoms with Gasteiger partial charge in [0, 0.05) is 5.69 Å². The third-order valence-electron chi connectivity index (χ3n) is 3.49. The summed E-state index contributed by atoms with van der Waals surface area (Å²) in [6.07, 6.45) is 1.42. The Morgan fingerprint density at radius 1 is 1.32 bits per heavy atom. The molecule has 0 fully saturated rings. The summed E-state index contributed by atoms with van der Waals surface area (Å²) in [5.74, 6) is -0.190. The predicted molar refractivity (Wildman–Crippen MR) is 99.7 cm³/mol. The molecule has 0 radical (unpaired) electrons. The topological polar surface area (TPSA) is 83.0 Å². The van der Waals surface area contributed by atoms with Crippen molar-refractivity contribution in [3.8, 4) is 11.5 Å². The Bertz CT molecular complexity index is 776. The first-order chi connectivity index (χ1) is 11.9. The van der Waals surface area contributed by atoms with E-state index in [4.69, 9.17) is 16.3 Å². The predicted octanol–water partition coefficient (Wildman–Crippen LogP) is 3.31. The second-order valence-corrected chi connectivity index (χ2v) is 5.93. The van der Waals surface area contributed by atoms with Crippen molar-refractivity contribution in [1.82, 2.24) is 5.43 Å². The molecule has 0 aliphatic heterocycles. The number of hydrogen-bond acceptors (Lipinski definition) is 5. The van der Waals surface area contributed by atoms with E-state index in [2.05, 4.69) is 15.8 Å². The average molecular weight is 362 g/mol. The van der Waals surface area contributed by atoms with E-state index < -0.39 is 6.04 Å². The average Bonchev–Trinajstić information content (AvgIpc) is 2.59. The molecule has 0 aliphatic carbocycles. The Morgan fingerprint density at radius 3 is 2.64 bits per heavy atom. The lowest BCUT2D eigenvalue weighted by molar-refractivity contribution is -0.121. The zero-order valence-electron chi connectivity index (χ0n) is 14.2. The number of nitrogens with zero attached hydrogens (tertiary/aromatic N) is 1. The summed E-state index contributed by atoms with van der Waals surface area (Å²) in [6, 6.07) is 10.4. The first-order valence-corrected chi connectivity index (χ1v) is 8.01. The summed E-state index contributed by atoms with van der Waals surface area (Å²) in [5, 5.41) is 16.8. The molecule has 0 spiro atoms. The highest BCUT2D eigenvalue weighted by molar-refractivity contribution is 6.32. The number of nitrogens with one attached hydrogen (secondary N) is 2. The fourth-order valence-electron chi connectivity index (χ4n) is 2.06. The van der Waals surface area contributed by atoms with Crippen molar-refractivity contribution in [3.05, 3.63) is 52.5 Å². The first-order valence-electron chi connectivity index (χ1n) is 7.63. The lowest BCUT2D eigenvalue weighted by Crippen LogP contribution is -2.34. The monoisotopic (exact) mass is 361 g/mol. The number of phenols is 1. The van der Waals surface area contributed by atoms with E-state index in [9.17, 15) is 9.90 Å². The lowest BCUT2D eigenvalue weighted by Gasteiger charge is -2.13. The van der Waals surface area contributed by atoms with Crippen LogP contribution in [-0.2, 0) is 4.79 Å². The number of phenolic OH excluding ortho intramolecular Hbond substituents is 1. The van der Waals surface area contributed by atoms with Gasteiger partial charge in [0.2, 0.25) is 0 Å². The fourth-order valence-corrected chi connectivity index (χ4v) is 2.28. The van der Waals surface area contributed by atoms with Crippen LogP contribution in [0.1, 0.15) is 18.1 Å². The van der Waals surface area contributed by atoms with Crippen molar-refractivity contribution in [2.75, 3.05) is 12.4 Å². The van der Waals surface area contributed by atoms with E-state index in [1.54, 1.807) is 13.0 Å². The van der Waals surface area contributed by atoms with Gasteiger partial charge in [-0.15, -0.1) is 0 Å². The van der Waals surface area contributed by atoms with E-state index in [0.29, 0.717) is 5.56 Å². The van der Waals surface area contributed by atoms with Crippen molar-refractivity contribution in [2.24, 2.45) is 5.10 Å². The van der Waals surface area contributed by atoms with Crippen LogP contribution in [0.25, 0.3) is 0 Å². The Labute approximate surface area is 151 Å². The fraction of sp³-hybridized carbons (Fsp3) is 0.222. The molecule has 2 aromatic carbocycles. The van der Waals surface area contributed by atoms with E-state index in [0.717, 1.165) is 11.3 Å². The molecule has 6 nitrogen and oxygen atoms in total. The molecule has 2 rings (SSSR count). The second-order valence-electron chi connectivity index (χ2n) is 5.52. The highest BCUT2D eigenvalue weighted by atomic mass is 35.5. The third kappa shape index (κ3) is 5.12. The Hall–Kier alpha value is -2.73. The molecule has 1 amide bonds. The summed E-state index contributed by atoms with van der Waals surface area (Å²) in [4.78, 5) is 12.1. The quantitative estimate of drug-likeness (QED) is 0.544. The number of aromatic hydroxyl groups is 1. The van der Waals surface area contributed by atoms with Gasteiger partial charge in [0.1, 0.15) is 6.04 Å². The Kier molecular flexibility index (Phi) is 6.25. The molecule has 132 valence electrons. The van der Waals surface area contributed by atoms with Gasteiger partial charge in [0.25, 0.3) is 5.91 Å². The number of ether oxygens (including phenoxy) is 1. The molecule has 7 heteroatoms. The van der Waals surface area contributed by atoms with Crippen LogP contribution in [0.15, 0.2) is 41.5 Å². The van der Waals surface area contributed by atoms with Crippen LogP contribution >= 0.6 is 11.6 Å².